The third kappa shape index (κ3) is 5.41. The summed E-state index contributed by atoms with van der Waals surface area (Å²) in [5.41, 5.74) is 1.72. The molecule has 1 N–H and O–H groups in total. The molecule has 0 aliphatic rings. The highest BCUT2D eigenvalue weighted by Crippen LogP contribution is 2.22. The van der Waals surface area contributed by atoms with E-state index in [-0.39, 0.29) is 11.7 Å². The standard InChI is InChI=1S/C20H19FN2OS2/c21-16-9-7-15(8-10-16)4-2-13-26-20-18(6-1-11-22-20)19(24)23-14-17-5-3-12-25-17/h1,3,5-12H,2,4,13-14H2,(H,23,24). The number of hydrogen-bond donors (Lipinski definition) is 1. The number of halogens is 1. The zero-order valence-corrected chi connectivity index (χ0v) is 15.8. The Balaban J connectivity index is 1.51. The van der Waals surface area contributed by atoms with Crippen LogP contribution in [0.25, 0.3) is 0 Å². The van der Waals surface area contributed by atoms with Crippen molar-refractivity contribution in [3.05, 3.63) is 81.9 Å². The molecule has 0 aliphatic heterocycles. The number of carbonyl (C=O) groups is 1. The first-order chi connectivity index (χ1) is 12.7. The van der Waals surface area contributed by atoms with Crippen molar-refractivity contribution in [1.82, 2.24) is 10.3 Å². The van der Waals surface area contributed by atoms with Gasteiger partial charge >= 0.3 is 0 Å². The topological polar surface area (TPSA) is 42.0 Å². The van der Waals surface area contributed by atoms with Crippen LogP contribution in [-0.4, -0.2) is 16.6 Å². The lowest BCUT2D eigenvalue weighted by atomic mass is 10.1. The number of nitrogens with zero attached hydrogens (tertiary/aromatic N) is 1. The molecule has 0 saturated heterocycles. The van der Waals surface area contributed by atoms with E-state index in [0.29, 0.717) is 12.1 Å². The smallest absolute Gasteiger partial charge is 0.254 e. The van der Waals surface area contributed by atoms with Crippen LogP contribution in [0.1, 0.15) is 27.2 Å². The van der Waals surface area contributed by atoms with E-state index >= 15 is 0 Å². The first kappa shape index (κ1) is 18.6. The molecular formula is C20H19FN2OS2. The van der Waals surface area contributed by atoms with Gasteiger partial charge in [-0.1, -0.05) is 18.2 Å². The second-order valence-corrected chi connectivity index (χ2v) is 7.81. The van der Waals surface area contributed by atoms with Gasteiger partial charge in [-0.2, -0.15) is 0 Å². The minimum absolute atomic E-state index is 0.104. The highest BCUT2D eigenvalue weighted by molar-refractivity contribution is 7.99. The maximum atomic E-state index is 12.9. The average Bonchev–Trinajstić information content (AvgIpc) is 3.19. The first-order valence-corrected chi connectivity index (χ1v) is 10.2. The van der Waals surface area contributed by atoms with E-state index in [1.807, 2.05) is 29.6 Å². The monoisotopic (exact) mass is 386 g/mol. The van der Waals surface area contributed by atoms with Crippen molar-refractivity contribution in [1.29, 1.82) is 0 Å². The Morgan fingerprint density at radius 3 is 2.77 bits per heavy atom. The average molecular weight is 387 g/mol. The SMILES string of the molecule is O=C(NCc1cccs1)c1cccnc1SCCCc1ccc(F)cc1. The molecule has 0 fully saturated rings. The molecule has 0 radical (unpaired) electrons. The van der Waals surface area contributed by atoms with Crippen LogP contribution in [0.3, 0.4) is 0 Å². The maximum absolute atomic E-state index is 12.9. The van der Waals surface area contributed by atoms with Gasteiger partial charge in [0.25, 0.3) is 5.91 Å². The fraction of sp³-hybridized carbons (Fsp3) is 0.200. The van der Waals surface area contributed by atoms with Gasteiger partial charge in [-0.05, 0) is 59.9 Å². The molecule has 0 unspecified atom stereocenters. The number of hydrogen-bond acceptors (Lipinski definition) is 4. The Hall–Kier alpha value is -2.18. The summed E-state index contributed by atoms with van der Waals surface area (Å²) in [5.74, 6) is 0.530. The van der Waals surface area contributed by atoms with E-state index < -0.39 is 0 Å². The van der Waals surface area contributed by atoms with E-state index in [1.54, 1.807) is 41.4 Å². The normalized spacial score (nSPS) is 10.7. The summed E-state index contributed by atoms with van der Waals surface area (Å²) in [6, 6.07) is 14.1. The van der Waals surface area contributed by atoms with Crippen molar-refractivity contribution < 1.29 is 9.18 Å². The van der Waals surface area contributed by atoms with Gasteiger partial charge in [0.1, 0.15) is 10.8 Å². The molecule has 0 saturated carbocycles. The lowest BCUT2D eigenvalue weighted by Crippen LogP contribution is -2.23. The number of rotatable bonds is 8. The number of thioether (sulfide) groups is 1. The number of aromatic nitrogens is 1. The van der Waals surface area contributed by atoms with Gasteiger partial charge in [0.15, 0.2) is 0 Å². The van der Waals surface area contributed by atoms with Crippen molar-refractivity contribution in [2.45, 2.75) is 24.4 Å². The van der Waals surface area contributed by atoms with Gasteiger partial charge < -0.3 is 5.32 Å². The molecule has 2 aromatic heterocycles. The summed E-state index contributed by atoms with van der Waals surface area (Å²) < 4.78 is 12.9. The first-order valence-electron chi connectivity index (χ1n) is 8.35. The van der Waals surface area contributed by atoms with Crippen molar-refractivity contribution in [3.8, 4) is 0 Å². The van der Waals surface area contributed by atoms with E-state index in [0.717, 1.165) is 34.1 Å². The predicted molar refractivity (Wildman–Crippen MR) is 105 cm³/mol. The molecule has 2 heterocycles. The Kier molecular flexibility index (Phi) is 6.80. The Morgan fingerprint density at radius 2 is 2.00 bits per heavy atom. The quantitative estimate of drug-likeness (QED) is 0.440. The Bertz CT molecular complexity index is 835. The molecule has 26 heavy (non-hydrogen) atoms. The Morgan fingerprint density at radius 1 is 1.15 bits per heavy atom. The van der Waals surface area contributed by atoms with Gasteiger partial charge in [-0.25, -0.2) is 9.37 Å². The fourth-order valence-corrected chi connectivity index (χ4v) is 4.03. The molecule has 0 aliphatic carbocycles. The third-order valence-electron chi connectivity index (χ3n) is 3.78. The molecular weight excluding hydrogens is 367 g/mol. The van der Waals surface area contributed by atoms with Gasteiger partial charge in [0.2, 0.25) is 0 Å². The lowest BCUT2D eigenvalue weighted by Gasteiger charge is -2.08. The molecule has 3 rings (SSSR count). The second kappa shape index (κ2) is 9.50. The van der Waals surface area contributed by atoms with Crippen LogP contribution in [-0.2, 0) is 13.0 Å². The van der Waals surface area contributed by atoms with E-state index in [2.05, 4.69) is 10.3 Å². The fourth-order valence-electron chi connectivity index (χ4n) is 2.45. The van der Waals surface area contributed by atoms with Crippen LogP contribution < -0.4 is 5.32 Å². The molecule has 1 aromatic carbocycles. The molecule has 6 heteroatoms. The number of aryl methyl sites for hydroxylation is 1. The number of benzene rings is 1. The van der Waals surface area contributed by atoms with Crippen LogP contribution in [0, 0.1) is 5.82 Å². The molecule has 3 nitrogen and oxygen atoms in total. The largest absolute Gasteiger partial charge is 0.347 e. The number of thiophene rings is 1. The molecule has 134 valence electrons. The van der Waals surface area contributed by atoms with Crippen molar-refractivity contribution >= 4 is 29.0 Å². The zero-order chi connectivity index (χ0) is 18.2. The highest BCUT2D eigenvalue weighted by Gasteiger charge is 2.12. The van der Waals surface area contributed by atoms with Gasteiger partial charge in [0, 0.05) is 11.1 Å². The maximum Gasteiger partial charge on any atom is 0.254 e. The predicted octanol–water partition coefficient (Wildman–Crippen LogP) is 4.94. The van der Waals surface area contributed by atoms with Crippen LogP contribution in [0.2, 0.25) is 0 Å². The van der Waals surface area contributed by atoms with E-state index in [4.69, 9.17) is 0 Å². The summed E-state index contributed by atoms with van der Waals surface area (Å²) in [4.78, 5) is 17.9. The van der Waals surface area contributed by atoms with Gasteiger partial charge in [0.05, 0.1) is 12.1 Å². The van der Waals surface area contributed by atoms with E-state index in [9.17, 15) is 9.18 Å². The van der Waals surface area contributed by atoms with Crippen molar-refractivity contribution in [2.75, 3.05) is 5.75 Å². The highest BCUT2D eigenvalue weighted by atomic mass is 32.2. The summed E-state index contributed by atoms with van der Waals surface area (Å²) in [5, 5.41) is 5.69. The summed E-state index contributed by atoms with van der Waals surface area (Å²) in [6.07, 6.45) is 3.52. The molecule has 0 spiro atoms. The minimum atomic E-state index is -0.213. The van der Waals surface area contributed by atoms with Crippen LogP contribution in [0.5, 0.6) is 0 Å². The number of carbonyl (C=O) groups excluding carboxylic acids is 1. The van der Waals surface area contributed by atoms with Gasteiger partial charge in [-0.3, -0.25) is 4.79 Å². The summed E-state index contributed by atoms with van der Waals surface area (Å²) >= 11 is 3.20. The molecule has 3 aromatic rings. The second-order valence-electron chi connectivity index (χ2n) is 5.70. The van der Waals surface area contributed by atoms with Crippen LogP contribution in [0.15, 0.2) is 65.1 Å². The molecule has 0 bridgehead atoms. The van der Waals surface area contributed by atoms with Crippen LogP contribution >= 0.6 is 23.1 Å². The number of nitrogens with one attached hydrogen (secondary N) is 1. The summed E-state index contributed by atoms with van der Waals surface area (Å²) in [6.45, 7) is 0.528. The van der Waals surface area contributed by atoms with Crippen molar-refractivity contribution in [3.63, 3.8) is 0 Å². The van der Waals surface area contributed by atoms with Crippen molar-refractivity contribution in [2.24, 2.45) is 0 Å². The Labute approximate surface area is 160 Å². The number of pyridine rings is 1. The molecule has 0 atom stereocenters. The minimum Gasteiger partial charge on any atom is -0.347 e. The zero-order valence-electron chi connectivity index (χ0n) is 14.2. The van der Waals surface area contributed by atoms with E-state index in [1.165, 1.54) is 12.1 Å². The van der Waals surface area contributed by atoms with Crippen LogP contribution in [0.4, 0.5) is 4.39 Å². The lowest BCUT2D eigenvalue weighted by molar-refractivity contribution is 0.0947. The molecule has 1 amide bonds. The third-order valence-corrected chi connectivity index (χ3v) is 5.75. The van der Waals surface area contributed by atoms with Gasteiger partial charge in [-0.15, -0.1) is 23.1 Å². The summed E-state index contributed by atoms with van der Waals surface area (Å²) in [7, 11) is 0. The number of amides is 1.